The molecule has 0 saturated heterocycles. The van der Waals surface area contributed by atoms with Crippen molar-refractivity contribution < 1.29 is 0 Å². The first kappa shape index (κ1) is 32.4. The number of pyridine rings is 1. The molecule has 0 amide bonds. The van der Waals surface area contributed by atoms with Crippen LogP contribution in [0.1, 0.15) is 0 Å². The molecule has 0 unspecified atom stereocenters. The van der Waals surface area contributed by atoms with Gasteiger partial charge in [-0.05, 0) is 93.3 Å². The standard InChI is InChI=1S/C53H32N2S2/c1-4-10-42-35(7-1)20-29-48-52(42)44-26-24-40(31-50(44)56-48)55(41-25-27-45-51(32-41)57-49-30-21-36-8-2-5-11-43(36)53(45)49)39-22-17-34(18-23-39)33-13-15-38(16-14-33)47-28-19-37-9-3-6-12-46(37)54-47/h1-32H. The summed E-state index contributed by atoms with van der Waals surface area (Å²) in [6.45, 7) is 0. The van der Waals surface area contributed by atoms with Crippen LogP contribution in [0.3, 0.4) is 0 Å². The van der Waals surface area contributed by atoms with Crippen molar-refractivity contribution in [2.75, 3.05) is 4.90 Å². The van der Waals surface area contributed by atoms with Gasteiger partial charge in [-0.2, -0.15) is 0 Å². The first-order valence-electron chi connectivity index (χ1n) is 19.3. The topological polar surface area (TPSA) is 16.1 Å². The van der Waals surface area contributed by atoms with E-state index in [1.807, 2.05) is 28.7 Å². The lowest BCUT2D eigenvalue weighted by Gasteiger charge is -2.26. The third-order valence-corrected chi connectivity index (χ3v) is 13.7. The minimum Gasteiger partial charge on any atom is -0.310 e. The summed E-state index contributed by atoms with van der Waals surface area (Å²) in [6.07, 6.45) is 0. The normalized spacial score (nSPS) is 11.9. The molecule has 0 radical (unpaired) electrons. The lowest BCUT2D eigenvalue weighted by atomic mass is 10.0. The first-order chi connectivity index (χ1) is 28.2. The van der Waals surface area contributed by atoms with Crippen molar-refractivity contribution in [3.8, 4) is 22.4 Å². The Hall–Kier alpha value is -6.85. The average Bonchev–Trinajstić information content (AvgIpc) is 3.85. The fourth-order valence-corrected chi connectivity index (χ4v) is 11.0. The number of para-hydroxylation sites is 1. The molecule has 3 heterocycles. The van der Waals surface area contributed by atoms with Crippen LogP contribution in [-0.4, -0.2) is 4.98 Å². The Morgan fingerprint density at radius 2 is 0.807 bits per heavy atom. The zero-order chi connectivity index (χ0) is 37.5. The molecule has 0 fully saturated rings. The van der Waals surface area contributed by atoms with Crippen LogP contribution in [0.25, 0.3) is 95.2 Å². The summed E-state index contributed by atoms with van der Waals surface area (Å²) in [5.74, 6) is 0. The van der Waals surface area contributed by atoms with E-state index in [4.69, 9.17) is 4.98 Å². The van der Waals surface area contributed by atoms with Gasteiger partial charge in [-0.15, -0.1) is 22.7 Å². The van der Waals surface area contributed by atoms with E-state index in [2.05, 4.69) is 193 Å². The highest BCUT2D eigenvalue weighted by atomic mass is 32.1. The molecule has 57 heavy (non-hydrogen) atoms. The van der Waals surface area contributed by atoms with Gasteiger partial charge in [0.05, 0.1) is 11.2 Å². The highest BCUT2D eigenvalue weighted by molar-refractivity contribution is 7.26. The van der Waals surface area contributed by atoms with Gasteiger partial charge in [0.25, 0.3) is 0 Å². The van der Waals surface area contributed by atoms with Gasteiger partial charge in [-0.25, -0.2) is 4.98 Å². The number of anilines is 3. The van der Waals surface area contributed by atoms with Gasteiger partial charge in [0.1, 0.15) is 0 Å². The fourth-order valence-electron chi connectivity index (χ4n) is 8.66. The Kier molecular flexibility index (Phi) is 7.31. The maximum atomic E-state index is 4.92. The molecule has 3 aromatic heterocycles. The molecule has 0 spiro atoms. The summed E-state index contributed by atoms with van der Waals surface area (Å²) >= 11 is 3.75. The second kappa shape index (κ2) is 12.9. The third kappa shape index (κ3) is 5.33. The number of hydrogen-bond acceptors (Lipinski definition) is 4. The van der Waals surface area contributed by atoms with Crippen LogP contribution in [-0.2, 0) is 0 Å². The lowest BCUT2D eigenvalue weighted by Crippen LogP contribution is -2.09. The van der Waals surface area contributed by atoms with E-state index in [0.29, 0.717) is 0 Å². The summed E-state index contributed by atoms with van der Waals surface area (Å²) in [5, 5.41) is 11.6. The minimum absolute atomic E-state index is 0.985. The third-order valence-electron chi connectivity index (χ3n) is 11.4. The van der Waals surface area contributed by atoms with Gasteiger partial charge in [0.15, 0.2) is 0 Å². The highest BCUT2D eigenvalue weighted by Crippen LogP contribution is 2.45. The minimum atomic E-state index is 0.985. The number of nitrogens with zero attached hydrogens (tertiary/aromatic N) is 2. The fraction of sp³-hybridized carbons (Fsp3) is 0. The van der Waals surface area contributed by atoms with Gasteiger partial charge in [0.2, 0.25) is 0 Å². The van der Waals surface area contributed by atoms with Crippen molar-refractivity contribution in [2.45, 2.75) is 0 Å². The smallest absolute Gasteiger partial charge is 0.0709 e. The van der Waals surface area contributed by atoms with E-state index >= 15 is 0 Å². The van der Waals surface area contributed by atoms with E-state index in [0.717, 1.165) is 39.2 Å². The maximum absolute atomic E-state index is 4.92. The van der Waals surface area contributed by atoms with Crippen molar-refractivity contribution in [2.24, 2.45) is 0 Å². The van der Waals surface area contributed by atoms with Crippen molar-refractivity contribution in [1.29, 1.82) is 0 Å². The van der Waals surface area contributed by atoms with E-state index in [1.54, 1.807) is 0 Å². The van der Waals surface area contributed by atoms with Crippen molar-refractivity contribution in [1.82, 2.24) is 4.98 Å². The van der Waals surface area contributed by atoms with Crippen molar-refractivity contribution >= 4 is 113 Å². The molecule has 0 aliphatic heterocycles. The summed E-state index contributed by atoms with van der Waals surface area (Å²) in [4.78, 5) is 7.34. The molecule has 0 atom stereocenters. The quantitative estimate of drug-likeness (QED) is 0.174. The largest absolute Gasteiger partial charge is 0.310 e. The predicted molar refractivity (Wildman–Crippen MR) is 248 cm³/mol. The Morgan fingerprint density at radius 3 is 1.40 bits per heavy atom. The monoisotopic (exact) mass is 760 g/mol. The molecule has 0 bridgehead atoms. The van der Waals surface area contributed by atoms with E-state index in [1.165, 1.54) is 73.0 Å². The van der Waals surface area contributed by atoms with Crippen LogP contribution in [0.15, 0.2) is 194 Å². The second-order valence-corrected chi connectivity index (χ2v) is 16.9. The second-order valence-electron chi connectivity index (χ2n) is 14.7. The van der Waals surface area contributed by atoms with Gasteiger partial charge >= 0.3 is 0 Å². The van der Waals surface area contributed by atoms with Gasteiger partial charge in [0, 0.05) is 68.4 Å². The summed E-state index contributed by atoms with van der Waals surface area (Å²) in [5.41, 5.74) is 8.87. The molecule has 12 aromatic rings. The van der Waals surface area contributed by atoms with E-state index in [-0.39, 0.29) is 0 Å². The molecule has 0 N–H and O–H groups in total. The molecular weight excluding hydrogens is 729 g/mol. The average molecular weight is 761 g/mol. The summed E-state index contributed by atoms with van der Waals surface area (Å²) < 4.78 is 5.21. The van der Waals surface area contributed by atoms with Crippen molar-refractivity contribution in [3.05, 3.63) is 194 Å². The number of thiophene rings is 2. The van der Waals surface area contributed by atoms with Crippen molar-refractivity contribution in [3.63, 3.8) is 0 Å². The molecule has 266 valence electrons. The van der Waals surface area contributed by atoms with Crippen LogP contribution in [0.2, 0.25) is 0 Å². The van der Waals surface area contributed by atoms with Gasteiger partial charge in [-0.3, -0.25) is 0 Å². The van der Waals surface area contributed by atoms with Crippen LogP contribution in [0, 0.1) is 0 Å². The number of fused-ring (bicyclic) bond motifs is 11. The highest BCUT2D eigenvalue weighted by Gasteiger charge is 2.18. The van der Waals surface area contributed by atoms with Crippen LogP contribution >= 0.6 is 22.7 Å². The molecule has 4 heteroatoms. The van der Waals surface area contributed by atoms with Crippen LogP contribution in [0.5, 0.6) is 0 Å². The number of hydrogen-bond donors (Lipinski definition) is 0. The van der Waals surface area contributed by atoms with Gasteiger partial charge in [-0.1, -0.05) is 133 Å². The number of benzene rings is 9. The predicted octanol–water partition coefficient (Wildman–Crippen LogP) is 16.1. The molecule has 0 aliphatic carbocycles. The number of aromatic nitrogens is 1. The SMILES string of the molecule is c1ccc2nc(-c3ccc(-c4ccc(N(c5ccc6c(c5)sc5ccc7ccccc7c56)c5ccc6c(c5)sc5ccc7ccccc7c56)cc4)cc3)ccc2c1. The Bertz CT molecular complexity index is 3370. The Balaban J connectivity index is 0.968. The lowest BCUT2D eigenvalue weighted by molar-refractivity contribution is 1.30. The van der Waals surface area contributed by atoms with Crippen LogP contribution in [0.4, 0.5) is 17.1 Å². The van der Waals surface area contributed by atoms with E-state index < -0.39 is 0 Å². The zero-order valence-electron chi connectivity index (χ0n) is 30.7. The van der Waals surface area contributed by atoms with E-state index in [9.17, 15) is 0 Å². The first-order valence-corrected chi connectivity index (χ1v) is 20.9. The molecule has 0 saturated carbocycles. The molecule has 2 nitrogen and oxygen atoms in total. The molecule has 12 rings (SSSR count). The Morgan fingerprint density at radius 1 is 0.333 bits per heavy atom. The molecule has 0 aliphatic rings. The van der Waals surface area contributed by atoms with Crippen LogP contribution < -0.4 is 4.90 Å². The molecule has 9 aromatic carbocycles. The Labute approximate surface area is 337 Å². The van der Waals surface area contributed by atoms with Gasteiger partial charge < -0.3 is 4.90 Å². The molecular formula is C53H32N2S2. The summed E-state index contributed by atoms with van der Waals surface area (Å²) in [6, 6.07) is 70.9. The maximum Gasteiger partial charge on any atom is 0.0709 e. The number of rotatable bonds is 5. The summed E-state index contributed by atoms with van der Waals surface area (Å²) in [7, 11) is 0. The zero-order valence-corrected chi connectivity index (χ0v) is 32.3.